The molecule has 0 spiro atoms. The second-order valence-corrected chi connectivity index (χ2v) is 7.95. The fourth-order valence-electron chi connectivity index (χ4n) is 3.06. The number of carboxylic acid groups (broad SMARTS) is 1. The van der Waals surface area contributed by atoms with Gasteiger partial charge < -0.3 is 24.5 Å². The molecule has 0 aliphatic heterocycles. The van der Waals surface area contributed by atoms with Crippen molar-refractivity contribution in [1.82, 2.24) is 9.88 Å². The standard InChI is InChI=1S/C22H30N2O5/c1-15-13-17(14-19(20(25)26)23-21(27)29-22(3,4)5)16(2)24(15)11-12-28-18-9-7-6-8-10-18/h6-10,13,19H,11-12,14H2,1-5H3,(H,23,27)(H,25,26). The zero-order valence-corrected chi connectivity index (χ0v) is 17.7. The number of hydrogen-bond donors (Lipinski definition) is 2. The van der Waals surface area contributed by atoms with Crippen molar-refractivity contribution in [3.63, 3.8) is 0 Å². The topological polar surface area (TPSA) is 89.8 Å². The van der Waals surface area contributed by atoms with Crippen LogP contribution in [0.1, 0.15) is 37.7 Å². The van der Waals surface area contributed by atoms with Gasteiger partial charge in [-0.3, -0.25) is 0 Å². The van der Waals surface area contributed by atoms with E-state index < -0.39 is 23.7 Å². The Hall–Kier alpha value is -2.96. The smallest absolute Gasteiger partial charge is 0.408 e. The lowest BCUT2D eigenvalue weighted by Crippen LogP contribution is -2.44. The molecule has 0 aliphatic rings. The van der Waals surface area contributed by atoms with Crippen LogP contribution in [-0.2, 0) is 22.5 Å². The largest absolute Gasteiger partial charge is 0.492 e. The third-order valence-electron chi connectivity index (χ3n) is 4.42. The molecular weight excluding hydrogens is 372 g/mol. The van der Waals surface area contributed by atoms with Gasteiger partial charge in [0.1, 0.15) is 24.0 Å². The molecule has 2 rings (SSSR count). The van der Waals surface area contributed by atoms with Gasteiger partial charge in [-0.1, -0.05) is 18.2 Å². The van der Waals surface area contributed by atoms with E-state index in [1.54, 1.807) is 20.8 Å². The van der Waals surface area contributed by atoms with Crippen LogP contribution < -0.4 is 10.1 Å². The number of aliphatic carboxylic acids is 1. The number of nitrogens with one attached hydrogen (secondary N) is 1. The monoisotopic (exact) mass is 402 g/mol. The Morgan fingerprint density at radius 3 is 2.41 bits per heavy atom. The Morgan fingerprint density at radius 2 is 1.83 bits per heavy atom. The Morgan fingerprint density at radius 1 is 1.17 bits per heavy atom. The average molecular weight is 402 g/mol. The maximum atomic E-state index is 12.0. The van der Waals surface area contributed by atoms with Crippen LogP contribution in [0.3, 0.4) is 0 Å². The maximum Gasteiger partial charge on any atom is 0.408 e. The van der Waals surface area contributed by atoms with Crippen LogP contribution in [0, 0.1) is 13.8 Å². The van der Waals surface area contributed by atoms with Crippen molar-refractivity contribution in [1.29, 1.82) is 0 Å². The fourth-order valence-corrected chi connectivity index (χ4v) is 3.06. The van der Waals surface area contributed by atoms with E-state index in [4.69, 9.17) is 9.47 Å². The van der Waals surface area contributed by atoms with Crippen LogP contribution in [0.5, 0.6) is 5.75 Å². The number of ether oxygens (including phenoxy) is 2. The molecular formula is C22H30N2O5. The Balaban J connectivity index is 2.02. The lowest BCUT2D eigenvalue weighted by molar-refractivity contribution is -0.139. The summed E-state index contributed by atoms with van der Waals surface area (Å²) in [5.74, 6) is -0.296. The number of para-hydroxylation sites is 1. The number of rotatable bonds is 8. The fraction of sp³-hybridized carbons (Fsp3) is 0.455. The molecule has 0 aliphatic carbocycles. The van der Waals surface area contributed by atoms with Crippen LogP contribution in [0.2, 0.25) is 0 Å². The van der Waals surface area contributed by atoms with Crippen molar-refractivity contribution in [2.24, 2.45) is 0 Å². The highest BCUT2D eigenvalue weighted by atomic mass is 16.6. The first-order valence-electron chi connectivity index (χ1n) is 9.62. The summed E-state index contributed by atoms with van der Waals surface area (Å²) in [7, 11) is 0. The predicted molar refractivity (Wildman–Crippen MR) is 110 cm³/mol. The predicted octanol–water partition coefficient (Wildman–Crippen LogP) is 3.70. The second kappa shape index (κ2) is 9.49. The molecule has 7 heteroatoms. The number of alkyl carbamates (subject to hydrolysis) is 1. The van der Waals surface area contributed by atoms with E-state index in [1.807, 2.05) is 50.2 Å². The zero-order chi connectivity index (χ0) is 21.6. The Kier molecular flexibility index (Phi) is 7.31. The van der Waals surface area contributed by atoms with Crippen LogP contribution in [0.4, 0.5) is 4.79 Å². The number of hydrogen-bond acceptors (Lipinski definition) is 4. The number of benzene rings is 1. The lowest BCUT2D eigenvalue weighted by Gasteiger charge is -2.22. The highest BCUT2D eigenvalue weighted by Gasteiger charge is 2.25. The first kappa shape index (κ1) is 22.3. The summed E-state index contributed by atoms with van der Waals surface area (Å²) in [5.41, 5.74) is 2.14. The van der Waals surface area contributed by atoms with Crippen LogP contribution in [0.15, 0.2) is 36.4 Å². The highest BCUT2D eigenvalue weighted by molar-refractivity contribution is 5.80. The number of carboxylic acids is 1. The summed E-state index contributed by atoms with van der Waals surface area (Å²) in [6.07, 6.45) is -0.566. The van der Waals surface area contributed by atoms with Gasteiger partial charge in [-0.2, -0.15) is 0 Å². The normalized spacial score (nSPS) is 12.3. The van der Waals surface area contributed by atoms with Crippen molar-refractivity contribution in [2.45, 2.75) is 59.2 Å². The molecule has 0 saturated heterocycles. The quantitative estimate of drug-likeness (QED) is 0.703. The molecule has 2 aromatic rings. The van der Waals surface area contributed by atoms with Gasteiger partial charge in [-0.25, -0.2) is 9.59 Å². The molecule has 1 heterocycles. The van der Waals surface area contributed by atoms with Crippen molar-refractivity contribution in [3.05, 3.63) is 53.3 Å². The summed E-state index contributed by atoms with van der Waals surface area (Å²) < 4.78 is 13.0. The van der Waals surface area contributed by atoms with Gasteiger partial charge in [0.2, 0.25) is 0 Å². The van der Waals surface area contributed by atoms with E-state index in [0.717, 1.165) is 22.7 Å². The molecule has 158 valence electrons. The maximum absolute atomic E-state index is 12.0. The van der Waals surface area contributed by atoms with Crippen molar-refractivity contribution in [3.8, 4) is 5.75 Å². The van der Waals surface area contributed by atoms with Gasteiger partial charge in [0.05, 0.1) is 6.54 Å². The van der Waals surface area contributed by atoms with Crippen molar-refractivity contribution >= 4 is 12.1 Å². The third kappa shape index (κ3) is 6.85. The van der Waals surface area contributed by atoms with E-state index in [9.17, 15) is 14.7 Å². The molecule has 0 bridgehead atoms. The first-order valence-corrected chi connectivity index (χ1v) is 9.62. The molecule has 1 atom stereocenters. The third-order valence-corrected chi connectivity index (χ3v) is 4.42. The summed E-state index contributed by atoms with van der Waals surface area (Å²) in [4.78, 5) is 23.6. The zero-order valence-electron chi connectivity index (χ0n) is 17.7. The summed E-state index contributed by atoms with van der Waals surface area (Å²) in [6.45, 7) is 10.2. The minimum absolute atomic E-state index is 0.174. The van der Waals surface area contributed by atoms with E-state index in [0.29, 0.717) is 13.2 Å². The molecule has 7 nitrogen and oxygen atoms in total. The van der Waals surface area contributed by atoms with E-state index >= 15 is 0 Å². The number of carbonyl (C=O) groups excluding carboxylic acids is 1. The van der Waals surface area contributed by atoms with E-state index in [-0.39, 0.29) is 6.42 Å². The van der Waals surface area contributed by atoms with E-state index in [1.165, 1.54) is 0 Å². The summed E-state index contributed by atoms with van der Waals surface area (Å²) in [6, 6.07) is 10.5. The SMILES string of the molecule is Cc1cc(CC(NC(=O)OC(C)(C)C)C(=O)O)c(C)n1CCOc1ccccc1. The molecule has 0 fully saturated rings. The minimum atomic E-state index is -1.10. The van der Waals surface area contributed by atoms with Gasteiger partial charge in [-0.15, -0.1) is 0 Å². The van der Waals surface area contributed by atoms with Gasteiger partial charge in [0.25, 0.3) is 0 Å². The number of amides is 1. The van der Waals surface area contributed by atoms with Gasteiger partial charge in [0.15, 0.2) is 0 Å². The number of nitrogens with zero attached hydrogens (tertiary/aromatic N) is 1. The minimum Gasteiger partial charge on any atom is -0.492 e. The molecule has 0 radical (unpaired) electrons. The van der Waals surface area contributed by atoms with Crippen LogP contribution >= 0.6 is 0 Å². The molecule has 29 heavy (non-hydrogen) atoms. The highest BCUT2D eigenvalue weighted by Crippen LogP contribution is 2.18. The van der Waals surface area contributed by atoms with Crippen molar-refractivity contribution < 1.29 is 24.2 Å². The molecule has 1 aromatic carbocycles. The molecule has 1 amide bonds. The van der Waals surface area contributed by atoms with Gasteiger partial charge in [0, 0.05) is 17.8 Å². The van der Waals surface area contributed by atoms with Crippen molar-refractivity contribution in [2.75, 3.05) is 6.61 Å². The molecule has 1 unspecified atom stereocenters. The van der Waals surface area contributed by atoms with Gasteiger partial charge >= 0.3 is 12.1 Å². The summed E-state index contributed by atoms with van der Waals surface area (Å²) in [5, 5.41) is 12.0. The number of aromatic nitrogens is 1. The number of aryl methyl sites for hydroxylation is 1. The van der Waals surface area contributed by atoms with Crippen LogP contribution in [0.25, 0.3) is 0 Å². The second-order valence-electron chi connectivity index (χ2n) is 7.95. The average Bonchev–Trinajstić information content (AvgIpc) is 2.88. The molecule has 1 aromatic heterocycles. The first-order chi connectivity index (χ1) is 13.6. The van der Waals surface area contributed by atoms with Gasteiger partial charge in [-0.05, 0) is 58.4 Å². The Bertz CT molecular complexity index is 837. The molecule has 0 saturated carbocycles. The summed E-state index contributed by atoms with van der Waals surface area (Å²) >= 11 is 0. The van der Waals surface area contributed by atoms with Crippen LogP contribution in [-0.4, -0.2) is 40.0 Å². The Labute approximate surface area is 171 Å². The lowest BCUT2D eigenvalue weighted by atomic mass is 10.1. The number of carbonyl (C=O) groups is 2. The van der Waals surface area contributed by atoms with E-state index in [2.05, 4.69) is 9.88 Å². The molecule has 2 N–H and O–H groups in total.